The number of aliphatic hydroxyl groups excluding tert-OH is 2. The number of aliphatic carboxylic acids is 1. The average Bonchev–Trinajstić information content (AvgIpc) is 2.00. The molecule has 0 bridgehead atoms. The van der Waals surface area contributed by atoms with Crippen LogP contribution in [0.5, 0.6) is 0 Å². The summed E-state index contributed by atoms with van der Waals surface area (Å²) in [5.74, 6) is -4.33. The number of carboxylic acids is 1. The number of aliphatic hydroxyl groups is 2. The van der Waals surface area contributed by atoms with Gasteiger partial charge in [0.25, 0.3) is 10.1 Å². The molecule has 4 N–H and O–H groups in total. The highest BCUT2D eigenvalue weighted by molar-refractivity contribution is 7.85. The van der Waals surface area contributed by atoms with Gasteiger partial charge in [-0.25, -0.2) is 4.79 Å². The fourth-order valence-corrected chi connectivity index (χ4v) is 1.39. The Kier molecular flexibility index (Phi) is 4.81. The number of carboxylic acid groups (broad SMARTS) is 1. The Balaban J connectivity index is 4.28. The third-order valence-electron chi connectivity index (χ3n) is 1.46. The first-order chi connectivity index (χ1) is 6.63. The second-order valence-corrected chi connectivity index (χ2v) is 4.31. The second-order valence-electron chi connectivity index (χ2n) is 2.82. The molecule has 8 nitrogen and oxygen atoms in total. The predicted octanol–water partition coefficient (Wildman–Crippen LogP) is -2.36. The molecule has 0 aliphatic heterocycles. The van der Waals surface area contributed by atoms with E-state index < -0.39 is 46.3 Å². The SMILES string of the molecule is O=C(O)C(=O)C[C@@H](O)[C@H](O)CS(=O)(=O)O. The van der Waals surface area contributed by atoms with Crippen molar-refractivity contribution >= 4 is 21.9 Å². The minimum absolute atomic E-state index is 0.925. The van der Waals surface area contributed by atoms with Gasteiger partial charge in [-0.3, -0.25) is 9.35 Å². The zero-order valence-electron chi connectivity index (χ0n) is 7.40. The molecule has 0 amide bonds. The van der Waals surface area contributed by atoms with Crippen molar-refractivity contribution in [3.63, 3.8) is 0 Å². The monoisotopic (exact) mass is 242 g/mol. The van der Waals surface area contributed by atoms with Gasteiger partial charge in [-0.2, -0.15) is 8.42 Å². The van der Waals surface area contributed by atoms with E-state index in [-0.39, 0.29) is 0 Å². The molecule has 0 heterocycles. The van der Waals surface area contributed by atoms with Crippen LogP contribution in [0.4, 0.5) is 0 Å². The fraction of sp³-hybridized carbons (Fsp3) is 0.667. The highest BCUT2D eigenvalue weighted by Gasteiger charge is 2.26. The number of ketones is 1. The van der Waals surface area contributed by atoms with Gasteiger partial charge in [0.15, 0.2) is 0 Å². The normalized spacial score (nSPS) is 15.7. The van der Waals surface area contributed by atoms with E-state index in [0.717, 1.165) is 0 Å². The van der Waals surface area contributed by atoms with E-state index in [9.17, 15) is 18.0 Å². The Hall–Kier alpha value is -1.03. The third-order valence-corrected chi connectivity index (χ3v) is 2.22. The Morgan fingerprint density at radius 2 is 1.60 bits per heavy atom. The Labute approximate surface area is 84.9 Å². The molecule has 0 saturated heterocycles. The molecular weight excluding hydrogens is 232 g/mol. The van der Waals surface area contributed by atoms with Crippen LogP contribution >= 0.6 is 0 Å². The van der Waals surface area contributed by atoms with E-state index in [0.29, 0.717) is 0 Å². The first-order valence-electron chi connectivity index (χ1n) is 3.71. The lowest BCUT2D eigenvalue weighted by atomic mass is 10.1. The molecule has 0 unspecified atom stereocenters. The van der Waals surface area contributed by atoms with Crippen molar-refractivity contribution in [2.75, 3.05) is 5.75 Å². The van der Waals surface area contributed by atoms with E-state index in [1.165, 1.54) is 0 Å². The standard InChI is InChI=1S/C6H10O8S/c7-3(1-4(8)6(10)11)5(9)2-15(12,13)14/h3,5,7,9H,1-2H2,(H,10,11)(H,12,13,14)/t3-,5-/m1/s1. The quantitative estimate of drug-likeness (QED) is 0.298. The van der Waals surface area contributed by atoms with Crippen LogP contribution in [0, 0.1) is 0 Å². The van der Waals surface area contributed by atoms with Gasteiger partial charge in [-0.1, -0.05) is 0 Å². The van der Waals surface area contributed by atoms with Crippen LogP contribution in [-0.4, -0.2) is 58.0 Å². The lowest BCUT2D eigenvalue weighted by Crippen LogP contribution is -2.35. The molecule has 9 heteroatoms. The summed E-state index contributed by atoms with van der Waals surface area (Å²) in [4.78, 5) is 20.6. The van der Waals surface area contributed by atoms with Gasteiger partial charge in [0.05, 0.1) is 12.2 Å². The summed E-state index contributed by atoms with van der Waals surface area (Å²) in [5.41, 5.74) is 0. The lowest BCUT2D eigenvalue weighted by Gasteiger charge is -2.14. The molecule has 0 aromatic carbocycles. The highest BCUT2D eigenvalue weighted by atomic mass is 32.2. The van der Waals surface area contributed by atoms with E-state index in [2.05, 4.69) is 0 Å². The van der Waals surface area contributed by atoms with Crippen molar-refractivity contribution in [2.45, 2.75) is 18.6 Å². The summed E-state index contributed by atoms with van der Waals surface area (Å²) in [5, 5.41) is 26.1. The number of rotatable bonds is 6. The molecule has 0 radical (unpaired) electrons. The molecular formula is C6H10O8S. The van der Waals surface area contributed by atoms with Gasteiger partial charge in [0.2, 0.25) is 5.78 Å². The molecule has 0 spiro atoms. The zero-order chi connectivity index (χ0) is 12.2. The maximum Gasteiger partial charge on any atom is 0.372 e. The summed E-state index contributed by atoms with van der Waals surface area (Å²) in [6, 6.07) is 0. The summed E-state index contributed by atoms with van der Waals surface area (Å²) < 4.78 is 28.8. The van der Waals surface area contributed by atoms with E-state index in [1.54, 1.807) is 0 Å². The molecule has 0 aromatic heterocycles. The maximum absolute atomic E-state index is 10.5. The molecule has 0 rings (SSSR count). The minimum atomic E-state index is -4.49. The van der Waals surface area contributed by atoms with Crippen molar-refractivity contribution in [3.05, 3.63) is 0 Å². The van der Waals surface area contributed by atoms with Crippen LogP contribution in [0.15, 0.2) is 0 Å². The van der Waals surface area contributed by atoms with Crippen LogP contribution in [0.3, 0.4) is 0 Å². The first kappa shape index (κ1) is 14.0. The highest BCUT2D eigenvalue weighted by Crippen LogP contribution is 2.03. The summed E-state index contributed by atoms with van der Waals surface area (Å²) in [7, 11) is -4.49. The Bertz CT molecular complexity index is 344. The third kappa shape index (κ3) is 6.12. The smallest absolute Gasteiger partial charge is 0.372 e. The number of hydrogen-bond donors (Lipinski definition) is 4. The predicted molar refractivity (Wildman–Crippen MR) is 45.7 cm³/mol. The van der Waals surface area contributed by atoms with Crippen LogP contribution in [-0.2, 0) is 19.7 Å². The van der Waals surface area contributed by atoms with Crippen molar-refractivity contribution in [2.24, 2.45) is 0 Å². The summed E-state index contributed by atoms with van der Waals surface area (Å²) >= 11 is 0. The summed E-state index contributed by atoms with van der Waals surface area (Å²) in [6.45, 7) is 0. The largest absolute Gasteiger partial charge is 0.475 e. The molecule has 88 valence electrons. The molecule has 2 atom stereocenters. The molecule has 0 fully saturated rings. The number of carbonyl (C=O) groups is 2. The Morgan fingerprint density at radius 1 is 1.13 bits per heavy atom. The van der Waals surface area contributed by atoms with Crippen LogP contribution < -0.4 is 0 Å². The fourth-order valence-electron chi connectivity index (χ4n) is 0.740. The van der Waals surface area contributed by atoms with Crippen LogP contribution in [0.25, 0.3) is 0 Å². The zero-order valence-corrected chi connectivity index (χ0v) is 8.22. The molecule has 0 aliphatic carbocycles. The van der Waals surface area contributed by atoms with Crippen molar-refractivity contribution in [1.82, 2.24) is 0 Å². The molecule has 0 aliphatic rings. The first-order valence-corrected chi connectivity index (χ1v) is 5.32. The maximum atomic E-state index is 10.5. The molecule has 15 heavy (non-hydrogen) atoms. The lowest BCUT2D eigenvalue weighted by molar-refractivity contribution is -0.150. The topological polar surface area (TPSA) is 149 Å². The average molecular weight is 242 g/mol. The van der Waals surface area contributed by atoms with Crippen molar-refractivity contribution < 1.29 is 37.9 Å². The van der Waals surface area contributed by atoms with E-state index >= 15 is 0 Å². The molecule has 0 aromatic rings. The minimum Gasteiger partial charge on any atom is -0.475 e. The van der Waals surface area contributed by atoms with E-state index in [4.69, 9.17) is 19.9 Å². The molecule has 0 saturated carbocycles. The van der Waals surface area contributed by atoms with Gasteiger partial charge in [0, 0.05) is 6.42 Å². The Morgan fingerprint density at radius 3 is 1.93 bits per heavy atom. The van der Waals surface area contributed by atoms with Crippen LogP contribution in [0.2, 0.25) is 0 Å². The van der Waals surface area contributed by atoms with Gasteiger partial charge in [-0.05, 0) is 0 Å². The number of Topliss-reactive ketones (excluding diaryl/α,β-unsaturated/α-hetero) is 1. The summed E-state index contributed by atoms with van der Waals surface area (Å²) in [6.07, 6.45) is -4.69. The van der Waals surface area contributed by atoms with Gasteiger partial charge in [0.1, 0.15) is 5.75 Å². The van der Waals surface area contributed by atoms with Crippen molar-refractivity contribution in [1.29, 1.82) is 0 Å². The van der Waals surface area contributed by atoms with Gasteiger partial charge >= 0.3 is 5.97 Å². The van der Waals surface area contributed by atoms with Gasteiger partial charge in [-0.15, -0.1) is 0 Å². The van der Waals surface area contributed by atoms with Crippen LogP contribution in [0.1, 0.15) is 6.42 Å². The van der Waals surface area contributed by atoms with E-state index in [1.807, 2.05) is 0 Å². The number of hydrogen-bond acceptors (Lipinski definition) is 6. The second kappa shape index (κ2) is 5.16. The van der Waals surface area contributed by atoms with Gasteiger partial charge < -0.3 is 15.3 Å². The number of carbonyl (C=O) groups excluding carboxylic acids is 1. The van der Waals surface area contributed by atoms with Crippen molar-refractivity contribution in [3.8, 4) is 0 Å².